The van der Waals surface area contributed by atoms with Crippen LogP contribution in [-0.4, -0.2) is 83.9 Å². The Bertz CT molecular complexity index is 1360. The first-order chi connectivity index (χ1) is 18.1. The Morgan fingerprint density at radius 3 is 2.49 bits per heavy atom. The molecule has 0 amide bonds. The van der Waals surface area contributed by atoms with Crippen molar-refractivity contribution in [2.75, 3.05) is 48.3 Å². The van der Waals surface area contributed by atoms with Gasteiger partial charge < -0.3 is 25.4 Å². The molecule has 13 heteroatoms. The highest BCUT2D eigenvalue weighted by Crippen LogP contribution is 2.47. The molecular formula is C26H37ClN6O4S2. The van der Waals surface area contributed by atoms with Crippen LogP contribution in [0, 0.1) is 12.3 Å². The molecular weight excluding hydrogens is 560 g/mol. The number of sulfone groups is 1. The summed E-state index contributed by atoms with van der Waals surface area (Å²) in [5.74, 6) is 1.55. The van der Waals surface area contributed by atoms with Crippen molar-refractivity contribution in [2.45, 2.75) is 74.0 Å². The monoisotopic (exact) mass is 596 g/mol. The average Bonchev–Trinajstić information content (AvgIpc) is 3.14. The van der Waals surface area contributed by atoms with E-state index >= 15 is 0 Å². The van der Waals surface area contributed by atoms with Crippen LogP contribution < -0.4 is 15.5 Å². The van der Waals surface area contributed by atoms with E-state index in [1.54, 1.807) is 6.20 Å². The molecule has 6 rings (SSSR count). The highest BCUT2D eigenvalue weighted by Gasteiger charge is 2.60. The summed E-state index contributed by atoms with van der Waals surface area (Å²) >= 11 is 8.13. The molecule has 2 spiro atoms. The van der Waals surface area contributed by atoms with Crippen LogP contribution in [-0.2, 0) is 21.2 Å². The summed E-state index contributed by atoms with van der Waals surface area (Å²) in [4.78, 5) is 18.9. The Morgan fingerprint density at radius 2 is 1.92 bits per heavy atom. The molecule has 39 heavy (non-hydrogen) atoms. The zero-order valence-electron chi connectivity index (χ0n) is 21.6. The summed E-state index contributed by atoms with van der Waals surface area (Å²) in [6.07, 6.45) is 4.27. The molecule has 0 aliphatic carbocycles. The third-order valence-corrected chi connectivity index (χ3v) is 13.1. The molecule has 0 bridgehead atoms. The van der Waals surface area contributed by atoms with Crippen molar-refractivity contribution in [1.82, 2.24) is 15.0 Å². The number of hydrogen-bond acceptors (Lipinski definition) is 11. The zero-order chi connectivity index (χ0) is 26.9. The van der Waals surface area contributed by atoms with Crippen LogP contribution in [0.15, 0.2) is 22.2 Å². The van der Waals surface area contributed by atoms with E-state index in [0.29, 0.717) is 53.5 Å². The molecule has 2 aromatic heterocycles. The van der Waals surface area contributed by atoms with Crippen molar-refractivity contribution in [1.29, 1.82) is 0 Å². The Hall–Kier alpha value is -1.70. The van der Waals surface area contributed by atoms with Gasteiger partial charge in [-0.2, -0.15) is 0 Å². The molecule has 214 valence electrons. The number of nitrogens with zero attached hydrogens (tertiary/aromatic N) is 5. The molecule has 0 radical (unpaired) electrons. The molecule has 6 heterocycles. The lowest BCUT2D eigenvalue weighted by molar-refractivity contribution is 0.0973. The highest BCUT2D eigenvalue weighted by molar-refractivity contribution is 7.99. The maximum atomic E-state index is 12.2. The second-order valence-electron chi connectivity index (χ2n) is 11.1. The number of aryl methyl sites for hydroxylation is 1. The first-order valence-corrected chi connectivity index (χ1v) is 15.8. The molecule has 4 fully saturated rings. The van der Waals surface area contributed by atoms with Crippen molar-refractivity contribution in [2.24, 2.45) is 11.1 Å². The fraction of sp³-hybridized carbons (Fsp3) is 0.654. The number of nitrogens with two attached hydrogens (primary N) is 1. The largest absolute Gasteiger partial charge is 0.390 e. The predicted molar refractivity (Wildman–Crippen MR) is 153 cm³/mol. The molecule has 0 unspecified atom stereocenters. The highest BCUT2D eigenvalue weighted by atomic mass is 35.5. The van der Waals surface area contributed by atoms with Gasteiger partial charge in [-0.05, 0) is 39.2 Å². The SMILES string of the molecule is C.Cc1nc(N2CCC3(CC2)CO[C@@H](C)[C@H]3N)c(CO)nc1Sc1ccnc(N2CC3(CCS3(=O)=O)C2)c1Cl. The van der Waals surface area contributed by atoms with Gasteiger partial charge in [0.2, 0.25) is 0 Å². The lowest BCUT2D eigenvalue weighted by Gasteiger charge is -2.54. The fourth-order valence-electron chi connectivity index (χ4n) is 6.15. The van der Waals surface area contributed by atoms with Crippen LogP contribution in [0.3, 0.4) is 0 Å². The minimum Gasteiger partial charge on any atom is -0.390 e. The molecule has 0 aromatic carbocycles. The molecule has 0 saturated carbocycles. The number of halogens is 1. The number of pyridine rings is 1. The van der Waals surface area contributed by atoms with Crippen molar-refractivity contribution in [3.8, 4) is 0 Å². The number of piperidine rings is 1. The third kappa shape index (κ3) is 4.61. The van der Waals surface area contributed by atoms with E-state index in [-0.39, 0.29) is 37.3 Å². The van der Waals surface area contributed by atoms with Crippen molar-refractivity contribution >= 4 is 44.8 Å². The van der Waals surface area contributed by atoms with E-state index in [9.17, 15) is 13.5 Å². The molecule has 3 N–H and O–H groups in total. The standard InChI is InChI=1S/C25H33ClN6O4S2.CH4/c1-15-23(37-18-3-7-28-22(19(18)26)32-12-25(13-32)6-10-38(25,34)35)30-17(11-33)21(29-15)31-8-4-24(5-9-31)14-36-16(2)20(24)27;/h3,7,16,20,33H,4-6,8-14,27H2,1-2H3;1H4/t16-,20+;/m0./s1. The smallest absolute Gasteiger partial charge is 0.159 e. The molecule has 2 atom stereocenters. The van der Waals surface area contributed by atoms with E-state index in [1.807, 2.05) is 24.8 Å². The van der Waals surface area contributed by atoms with E-state index in [4.69, 9.17) is 32.0 Å². The second kappa shape index (κ2) is 10.3. The summed E-state index contributed by atoms with van der Waals surface area (Å²) in [5.41, 5.74) is 7.75. The maximum Gasteiger partial charge on any atom is 0.159 e. The number of rotatable bonds is 5. The normalized spacial score (nSPS) is 26.3. The zero-order valence-corrected chi connectivity index (χ0v) is 23.9. The minimum atomic E-state index is -3.01. The van der Waals surface area contributed by atoms with Gasteiger partial charge in [-0.15, -0.1) is 0 Å². The molecule has 4 aliphatic heterocycles. The van der Waals surface area contributed by atoms with Crippen molar-refractivity contribution < 1.29 is 18.3 Å². The topological polar surface area (TPSA) is 135 Å². The third-order valence-electron chi connectivity index (χ3n) is 8.92. The van der Waals surface area contributed by atoms with Crippen LogP contribution in [0.4, 0.5) is 11.6 Å². The Morgan fingerprint density at radius 1 is 1.21 bits per heavy atom. The number of ether oxygens (including phenoxy) is 1. The van der Waals surface area contributed by atoms with Crippen LogP contribution in [0.5, 0.6) is 0 Å². The van der Waals surface area contributed by atoms with E-state index in [1.165, 1.54) is 11.8 Å². The molecule has 4 saturated heterocycles. The quantitative estimate of drug-likeness (QED) is 0.527. The first-order valence-electron chi connectivity index (χ1n) is 13.0. The number of aliphatic hydroxyl groups excluding tert-OH is 1. The fourth-order valence-corrected chi connectivity index (χ4v) is 9.18. The Balaban J connectivity index is 0.00000308. The van der Waals surface area contributed by atoms with Crippen LogP contribution in [0.1, 0.15) is 45.0 Å². The summed E-state index contributed by atoms with van der Waals surface area (Å²) in [6.45, 7) is 6.82. The average molecular weight is 597 g/mol. The summed E-state index contributed by atoms with van der Waals surface area (Å²) < 4.78 is 29.6. The van der Waals surface area contributed by atoms with E-state index in [2.05, 4.69) is 9.88 Å². The van der Waals surface area contributed by atoms with Crippen LogP contribution in [0.25, 0.3) is 0 Å². The molecule has 4 aliphatic rings. The Kier molecular flexibility index (Phi) is 7.60. The van der Waals surface area contributed by atoms with Crippen molar-refractivity contribution in [3.63, 3.8) is 0 Å². The number of hydrogen-bond donors (Lipinski definition) is 2. The van der Waals surface area contributed by atoms with Gasteiger partial charge in [0.25, 0.3) is 0 Å². The minimum absolute atomic E-state index is 0. The molecule has 10 nitrogen and oxygen atoms in total. The van der Waals surface area contributed by atoms with E-state index in [0.717, 1.165) is 36.5 Å². The lowest BCUT2D eigenvalue weighted by atomic mass is 9.73. The summed E-state index contributed by atoms with van der Waals surface area (Å²) in [7, 11) is -3.01. The van der Waals surface area contributed by atoms with Gasteiger partial charge >= 0.3 is 0 Å². The molecule has 2 aromatic rings. The van der Waals surface area contributed by atoms with Crippen LogP contribution in [0.2, 0.25) is 5.02 Å². The van der Waals surface area contributed by atoms with Crippen molar-refractivity contribution in [3.05, 3.63) is 28.7 Å². The van der Waals surface area contributed by atoms with Gasteiger partial charge in [-0.1, -0.05) is 30.8 Å². The number of aliphatic hydroxyl groups is 1. The Labute approximate surface area is 239 Å². The predicted octanol–water partition coefficient (Wildman–Crippen LogP) is 2.82. The maximum absolute atomic E-state index is 12.2. The first kappa shape index (κ1) is 28.8. The van der Waals surface area contributed by atoms with Gasteiger partial charge in [0.15, 0.2) is 15.7 Å². The number of anilines is 2. The van der Waals surface area contributed by atoms with Gasteiger partial charge in [-0.3, -0.25) is 0 Å². The van der Waals surface area contributed by atoms with Crippen LogP contribution >= 0.6 is 23.4 Å². The lowest BCUT2D eigenvalue weighted by Crippen LogP contribution is -2.72. The van der Waals surface area contributed by atoms with Gasteiger partial charge in [0.1, 0.15) is 21.3 Å². The van der Waals surface area contributed by atoms with E-state index < -0.39 is 14.6 Å². The van der Waals surface area contributed by atoms with Gasteiger partial charge in [0, 0.05) is 48.7 Å². The summed E-state index contributed by atoms with van der Waals surface area (Å²) in [6, 6.07) is 1.85. The number of aromatic nitrogens is 3. The van der Waals surface area contributed by atoms with Gasteiger partial charge in [-0.25, -0.2) is 23.4 Å². The summed E-state index contributed by atoms with van der Waals surface area (Å²) in [5, 5.41) is 11.3. The second-order valence-corrected chi connectivity index (χ2v) is 15.0. The van der Waals surface area contributed by atoms with Gasteiger partial charge in [0.05, 0.1) is 35.8 Å².